The van der Waals surface area contributed by atoms with Gasteiger partial charge in [0.15, 0.2) is 0 Å². The van der Waals surface area contributed by atoms with Crippen molar-refractivity contribution in [2.45, 2.75) is 20.4 Å². The van der Waals surface area contributed by atoms with Crippen LogP contribution in [-0.2, 0) is 11.3 Å². The van der Waals surface area contributed by atoms with Crippen LogP contribution in [0.5, 0.6) is 0 Å². The van der Waals surface area contributed by atoms with E-state index in [9.17, 15) is 0 Å². The highest BCUT2D eigenvalue weighted by Crippen LogP contribution is 2.36. The topological polar surface area (TPSA) is 17.4 Å². The maximum Gasteiger partial charge on any atom is 0.0657 e. The van der Waals surface area contributed by atoms with E-state index >= 15 is 0 Å². The second kappa shape index (κ2) is 6.24. The quantitative estimate of drug-likeness (QED) is 0.831. The van der Waals surface area contributed by atoms with Crippen molar-refractivity contribution in [3.05, 3.63) is 40.6 Å². The van der Waals surface area contributed by atoms with Crippen LogP contribution in [0.2, 0.25) is 0 Å². The van der Waals surface area contributed by atoms with Crippen molar-refractivity contribution in [1.82, 2.24) is 4.57 Å². The third kappa shape index (κ3) is 2.87. The molecule has 2 aromatic rings. The molecular formula is C17H21BrN2O. The van der Waals surface area contributed by atoms with Gasteiger partial charge in [-0.2, -0.15) is 0 Å². The number of morpholine rings is 1. The number of rotatable bonds is 3. The maximum absolute atomic E-state index is 5.50. The number of halogens is 1. The van der Waals surface area contributed by atoms with Gasteiger partial charge in [0, 0.05) is 41.6 Å². The molecule has 1 aliphatic rings. The molecule has 3 nitrogen and oxygen atoms in total. The van der Waals surface area contributed by atoms with E-state index in [-0.39, 0.29) is 0 Å². The Labute approximate surface area is 134 Å². The molecule has 1 aromatic heterocycles. The number of nitrogens with zero attached hydrogens (tertiary/aromatic N) is 2. The van der Waals surface area contributed by atoms with Gasteiger partial charge >= 0.3 is 0 Å². The summed E-state index contributed by atoms with van der Waals surface area (Å²) in [5, 5.41) is 0. The molecule has 1 saturated heterocycles. The zero-order valence-electron chi connectivity index (χ0n) is 12.6. The Bertz CT molecular complexity index is 612. The van der Waals surface area contributed by atoms with E-state index in [4.69, 9.17) is 4.74 Å². The first-order chi connectivity index (χ1) is 10.2. The van der Waals surface area contributed by atoms with Gasteiger partial charge in [-0.1, -0.05) is 28.1 Å². The molecule has 4 heteroatoms. The van der Waals surface area contributed by atoms with Crippen LogP contribution in [0.4, 0.5) is 5.69 Å². The first kappa shape index (κ1) is 14.7. The second-order valence-corrected chi connectivity index (χ2v) is 6.28. The number of benzene rings is 1. The van der Waals surface area contributed by atoms with Gasteiger partial charge in [-0.15, -0.1) is 0 Å². The van der Waals surface area contributed by atoms with Crippen molar-refractivity contribution in [3.63, 3.8) is 0 Å². The fraction of sp³-hybridized carbons (Fsp3) is 0.412. The average Bonchev–Trinajstić information content (AvgIpc) is 2.85. The molecule has 112 valence electrons. The predicted octanol–water partition coefficient (Wildman–Crippen LogP) is 4.08. The second-order valence-electron chi connectivity index (χ2n) is 5.37. The minimum Gasteiger partial charge on any atom is -0.378 e. The summed E-state index contributed by atoms with van der Waals surface area (Å²) in [4.78, 5) is 2.46. The predicted molar refractivity (Wildman–Crippen MR) is 91.0 cm³/mol. The van der Waals surface area contributed by atoms with Crippen molar-refractivity contribution in [3.8, 4) is 11.1 Å². The van der Waals surface area contributed by atoms with Crippen LogP contribution in [0, 0.1) is 6.92 Å². The molecule has 2 heterocycles. The highest BCUT2D eigenvalue weighted by atomic mass is 79.9. The molecule has 0 bridgehead atoms. The lowest BCUT2D eigenvalue weighted by molar-refractivity contribution is 0.122. The van der Waals surface area contributed by atoms with Crippen LogP contribution in [0.15, 0.2) is 34.9 Å². The number of ether oxygens (including phenoxy) is 1. The van der Waals surface area contributed by atoms with E-state index in [0.717, 1.165) is 37.3 Å². The van der Waals surface area contributed by atoms with Gasteiger partial charge in [0.1, 0.15) is 0 Å². The van der Waals surface area contributed by atoms with Crippen LogP contribution in [0.3, 0.4) is 0 Å². The molecule has 3 rings (SSSR count). The summed E-state index contributed by atoms with van der Waals surface area (Å²) in [6, 6.07) is 8.58. The first-order valence-electron chi connectivity index (χ1n) is 7.49. The van der Waals surface area contributed by atoms with E-state index in [1.807, 2.05) is 0 Å². The highest BCUT2D eigenvalue weighted by molar-refractivity contribution is 9.10. The Hall–Kier alpha value is -1.26. The SMILES string of the molecule is CCn1cc(-c2ccc(Br)cc2)c(N2CCOCC2)c1C. The third-order valence-corrected chi connectivity index (χ3v) is 4.67. The standard InChI is InChI=1S/C17H21BrN2O/c1-3-19-12-16(14-4-6-15(18)7-5-14)17(13(19)2)20-8-10-21-11-9-20/h4-7,12H,3,8-11H2,1-2H3. The van der Waals surface area contributed by atoms with Crippen LogP contribution in [-0.4, -0.2) is 30.9 Å². The minimum absolute atomic E-state index is 0.816. The van der Waals surface area contributed by atoms with Crippen molar-refractivity contribution in [2.24, 2.45) is 0 Å². The Balaban J connectivity index is 2.07. The lowest BCUT2D eigenvalue weighted by Crippen LogP contribution is -2.36. The smallest absolute Gasteiger partial charge is 0.0657 e. The molecule has 1 fully saturated rings. The molecule has 0 atom stereocenters. The lowest BCUT2D eigenvalue weighted by atomic mass is 10.1. The Kier molecular flexibility index (Phi) is 4.36. The molecule has 0 amide bonds. The summed E-state index contributed by atoms with van der Waals surface area (Å²) in [5.41, 5.74) is 5.30. The normalized spacial score (nSPS) is 15.5. The minimum atomic E-state index is 0.816. The van der Waals surface area contributed by atoms with Crippen molar-refractivity contribution < 1.29 is 4.74 Å². The average molecular weight is 349 g/mol. The van der Waals surface area contributed by atoms with Crippen LogP contribution >= 0.6 is 15.9 Å². The summed E-state index contributed by atoms with van der Waals surface area (Å²) < 4.78 is 8.95. The van der Waals surface area contributed by atoms with Gasteiger partial charge in [0.25, 0.3) is 0 Å². The number of aryl methyl sites for hydroxylation is 1. The summed E-state index contributed by atoms with van der Waals surface area (Å²) in [6.45, 7) is 8.99. The van der Waals surface area contributed by atoms with Crippen molar-refractivity contribution >= 4 is 21.6 Å². The van der Waals surface area contributed by atoms with E-state index in [0.29, 0.717) is 0 Å². The van der Waals surface area contributed by atoms with Gasteiger partial charge in [-0.3, -0.25) is 0 Å². The number of hydrogen-bond donors (Lipinski definition) is 0. The molecule has 1 aromatic carbocycles. The van der Waals surface area contributed by atoms with E-state index in [2.05, 4.69) is 69.7 Å². The van der Waals surface area contributed by atoms with E-state index in [1.54, 1.807) is 0 Å². The Morgan fingerprint density at radius 3 is 2.43 bits per heavy atom. The fourth-order valence-corrected chi connectivity index (χ4v) is 3.26. The van der Waals surface area contributed by atoms with Gasteiger partial charge < -0.3 is 14.2 Å². The van der Waals surface area contributed by atoms with Gasteiger partial charge in [-0.25, -0.2) is 0 Å². The largest absolute Gasteiger partial charge is 0.378 e. The molecule has 21 heavy (non-hydrogen) atoms. The monoisotopic (exact) mass is 348 g/mol. The molecule has 0 aliphatic carbocycles. The first-order valence-corrected chi connectivity index (χ1v) is 8.28. The number of hydrogen-bond acceptors (Lipinski definition) is 2. The summed E-state index contributed by atoms with van der Waals surface area (Å²) in [5.74, 6) is 0. The third-order valence-electron chi connectivity index (χ3n) is 4.14. The van der Waals surface area contributed by atoms with Gasteiger partial charge in [0.05, 0.1) is 18.9 Å². The van der Waals surface area contributed by atoms with Gasteiger partial charge in [-0.05, 0) is 31.5 Å². The summed E-state index contributed by atoms with van der Waals surface area (Å²) in [7, 11) is 0. The number of anilines is 1. The summed E-state index contributed by atoms with van der Waals surface area (Å²) >= 11 is 3.51. The molecule has 0 N–H and O–H groups in total. The molecule has 0 radical (unpaired) electrons. The summed E-state index contributed by atoms with van der Waals surface area (Å²) in [6.07, 6.45) is 2.28. The zero-order valence-corrected chi connectivity index (χ0v) is 14.2. The highest BCUT2D eigenvalue weighted by Gasteiger charge is 2.21. The zero-order chi connectivity index (χ0) is 14.8. The molecular weight excluding hydrogens is 328 g/mol. The van der Waals surface area contributed by atoms with E-state index in [1.165, 1.54) is 22.5 Å². The Morgan fingerprint density at radius 1 is 1.14 bits per heavy atom. The molecule has 0 unspecified atom stereocenters. The van der Waals surface area contributed by atoms with Crippen molar-refractivity contribution in [2.75, 3.05) is 31.2 Å². The van der Waals surface area contributed by atoms with E-state index < -0.39 is 0 Å². The van der Waals surface area contributed by atoms with Crippen LogP contribution in [0.25, 0.3) is 11.1 Å². The fourth-order valence-electron chi connectivity index (χ4n) is 3.00. The molecule has 1 aliphatic heterocycles. The van der Waals surface area contributed by atoms with Crippen LogP contribution in [0.1, 0.15) is 12.6 Å². The lowest BCUT2D eigenvalue weighted by Gasteiger charge is -2.30. The maximum atomic E-state index is 5.50. The van der Waals surface area contributed by atoms with Gasteiger partial charge in [0.2, 0.25) is 0 Å². The molecule has 0 spiro atoms. The Morgan fingerprint density at radius 2 is 1.81 bits per heavy atom. The molecule has 0 saturated carbocycles. The van der Waals surface area contributed by atoms with Crippen molar-refractivity contribution in [1.29, 1.82) is 0 Å². The number of aromatic nitrogens is 1. The van der Waals surface area contributed by atoms with Crippen LogP contribution < -0.4 is 4.90 Å².